The van der Waals surface area contributed by atoms with Crippen LogP contribution in [0, 0.1) is 11.8 Å². The van der Waals surface area contributed by atoms with Crippen molar-refractivity contribution in [2.24, 2.45) is 11.8 Å². The molecule has 0 bridgehead atoms. The molecular weight excluding hydrogens is 310 g/mol. The van der Waals surface area contributed by atoms with Crippen molar-refractivity contribution in [2.45, 2.75) is 20.3 Å². The van der Waals surface area contributed by atoms with Crippen LogP contribution in [-0.2, 0) is 0 Å². The van der Waals surface area contributed by atoms with Gasteiger partial charge in [0.2, 0.25) is 0 Å². The predicted octanol–water partition coefficient (Wildman–Crippen LogP) is 4.35. The first-order chi connectivity index (χ1) is 12.1. The summed E-state index contributed by atoms with van der Waals surface area (Å²) < 4.78 is 0. The molecule has 1 saturated heterocycles. The van der Waals surface area contributed by atoms with Crippen LogP contribution in [0.15, 0.2) is 48.8 Å². The van der Waals surface area contributed by atoms with Crippen molar-refractivity contribution >= 4 is 16.9 Å². The van der Waals surface area contributed by atoms with E-state index >= 15 is 0 Å². The molecule has 4 nitrogen and oxygen atoms in total. The second-order valence-electron chi connectivity index (χ2n) is 7.31. The number of fused-ring (bicyclic) bond motifs is 1. The molecule has 1 fully saturated rings. The van der Waals surface area contributed by atoms with Crippen molar-refractivity contribution < 1.29 is 4.79 Å². The van der Waals surface area contributed by atoms with Gasteiger partial charge in [0.15, 0.2) is 0 Å². The lowest BCUT2D eigenvalue weighted by atomic mass is 9.90. The highest BCUT2D eigenvalue weighted by atomic mass is 16.2. The highest BCUT2D eigenvalue weighted by Gasteiger charge is 2.27. The van der Waals surface area contributed by atoms with Crippen LogP contribution in [-0.4, -0.2) is 33.9 Å². The molecule has 4 heteroatoms. The van der Waals surface area contributed by atoms with E-state index in [1.165, 1.54) is 6.42 Å². The Morgan fingerprint density at radius 3 is 2.56 bits per heavy atom. The van der Waals surface area contributed by atoms with E-state index in [1.807, 2.05) is 47.4 Å². The molecule has 3 aromatic rings. The SMILES string of the molecule is CC1CC(C)CN(C(=O)c2ccccc2-c2cccc3[nH]cnc23)C1. The Morgan fingerprint density at radius 2 is 1.76 bits per heavy atom. The van der Waals surface area contributed by atoms with Gasteiger partial charge in [-0.1, -0.05) is 44.2 Å². The van der Waals surface area contributed by atoms with Gasteiger partial charge in [0.25, 0.3) is 5.91 Å². The molecule has 1 aliphatic heterocycles. The van der Waals surface area contributed by atoms with Gasteiger partial charge in [0.05, 0.1) is 17.4 Å². The second-order valence-corrected chi connectivity index (χ2v) is 7.31. The molecule has 128 valence electrons. The molecule has 2 aromatic carbocycles. The maximum atomic E-state index is 13.3. The van der Waals surface area contributed by atoms with Crippen LogP contribution in [0.3, 0.4) is 0 Å². The maximum absolute atomic E-state index is 13.3. The van der Waals surface area contributed by atoms with E-state index in [-0.39, 0.29) is 5.91 Å². The Bertz CT molecular complexity index is 904. The van der Waals surface area contributed by atoms with E-state index in [0.29, 0.717) is 11.8 Å². The summed E-state index contributed by atoms with van der Waals surface area (Å²) in [4.78, 5) is 22.9. The second kappa shape index (κ2) is 6.36. The van der Waals surface area contributed by atoms with Crippen LogP contribution in [0.1, 0.15) is 30.6 Å². The van der Waals surface area contributed by atoms with Crippen molar-refractivity contribution in [1.29, 1.82) is 0 Å². The van der Waals surface area contributed by atoms with Gasteiger partial charge in [-0.2, -0.15) is 0 Å². The standard InChI is InChI=1S/C21H23N3O/c1-14-10-15(2)12-24(11-14)21(25)18-7-4-3-6-16(18)17-8-5-9-19-20(17)23-13-22-19/h3-9,13-15H,10-12H2,1-2H3,(H,22,23). The first-order valence-electron chi connectivity index (χ1n) is 8.94. The molecule has 2 unspecified atom stereocenters. The number of rotatable bonds is 2. The third kappa shape index (κ3) is 2.93. The topological polar surface area (TPSA) is 49.0 Å². The molecular formula is C21H23N3O. The number of aromatic nitrogens is 2. The number of nitrogens with zero attached hydrogens (tertiary/aromatic N) is 2. The van der Waals surface area contributed by atoms with E-state index in [0.717, 1.165) is 40.8 Å². The number of piperidine rings is 1. The summed E-state index contributed by atoms with van der Waals surface area (Å²) in [5, 5.41) is 0. The molecule has 4 rings (SSSR count). The van der Waals surface area contributed by atoms with Gasteiger partial charge in [0.1, 0.15) is 0 Å². The number of benzene rings is 2. The number of likely N-dealkylation sites (tertiary alicyclic amines) is 1. The number of aromatic amines is 1. The van der Waals surface area contributed by atoms with E-state index in [2.05, 4.69) is 23.8 Å². The molecule has 1 aromatic heterocycles. The molecule has 1 amide bonds. The Labute approximate surface area is 147 Å². The molecule has 25 heavy (non-hydrogen) atoms. The van der Waals surface area contributed by atoms with Crippen LogP contribution in [0.25, 0.3) is 22.2 Å². The number of nitrogens with one attached hydrogen (secondary N) is 1. The monoisotopic (exact) mass is 333 g/mol. The van der Waals surface area contributed by atoms with Crippen LogP contribution in [0.5, 0.6) is 0 Å². The number of H-pyrrole nitrogens is 1. The van der Waals surface area contributed by atoms with E-state index in [4.69, 9.17) is 0 Å². The number of carbonyl (C=O) groups is 1. The summed E-state index contributed by atoms with van der Waals surface area (Å²) in [5.41, 5.74) is 4.61. The zero-order valence-electron chi connectivity index (χ0n) is 14.7. The minimum atomic E-state index is 0.126. The van der Waals surface area contributed by atoms with Gasteiger partial charge in [-0.05, 0) is 36.0 Å². The van der Waals surface area contributed by atoms with Gasteiger partial charge >= 0.3 is 0 Å². The van der Waals surface area contributed by atoms with E-state index < -0.39 is 0 Å². The first kappa shape index (κ1) is 15.9. The molecule has 1 N–H and O–H groups in total. The Morgan fingerprint density at radius 1 is 1.04 bits per heavy atom. The lowest BCUT2D eigenvalue weighted by Crippen LogP contribution is -2.42. The summed E-state index contributed by atoms with van der Waals surface area (Å²) in [6.07, 6.45) is 2.89. The van der Waals surface area contributed by atoms with Crippen molar-refractivity contribution in [3.63, 3.8) is 0 Å². The summed E-state index contributed by atoms with van der Waals surface area (Å²) in [6.45, 7) is 6.13. The third-order valence-corrected chi connectivity index (χ3v) is 5.05. The molecule has 0 aliphatic carbocycles. The van der Waals surface area contributed by atoms with Gasteiger partial charge in [-0.15, -0.1) is 0 Å². The van der Waals surface area contributed by atoms with Crippen molar-refractivity contribution in [3.05, 3.63) is 54.4 Å². The quantitative estimate of drug-likeness (QED) is 0.758. The smallest absolute Gasteiger partial charge is 0.254 e. The number of carbonyl (C=O) groups excluding carboxylic acids is 1. The summed E-state index contributed by atoms with van der Waals surface area (Å²) >= 11 is 0. The third-order valence-electron chi connectivity index (χ3n) is 5.05. The van der Waals surface area contributed by atoms with Crippen molar-refractivity contribution in [2.75, 3.05) is 13.1 Å². The number of amides is 1. The van der Waals surface area contributed by atoms with E-state index in [1.54, 1.807) is 6.33 Å². The molecule has 0 radical (unpaired) electrons. The number of imidazole rings is 1. The zero-order valence-corrected chi connectivity index (χ0v) is 14.7. The summed E-state index contributed by atoms with van der Waals surface area (Å²) in [5.74, 6) is 1.23. The van der Waals surface area contributed by atoms with Crippen LogP contribution < -0.4 is 0 Å². The van der Waals surface area contributed by atoms with Crippen molar-refractivity contribution in [1.82, 2.24) is 14.9 Å². The largest absolute Gasteiger partial charge is 0.345 e. The Balaban J connectivity index is 1.77. The fraction of sp³-hybridized carbons (Fsp3) is 0.333. The van der Waals surface area contributed by atoms with Gasteiger partial charge in [-0.25, -0.2) is 4.98 Å². The molecule has 2 heterocycles. The van der Waals surface area contributed by atoms with Crippen LogP contribution >= 0.6 is 0 Å². The van der Waals surface area contributed by atoms with Crippen molar-refractivity contribution in [3.8, 4) is 11.1 Å². The van der Waals surface area contributed by atoms with Gasteiger partial charge in [-0.3, -0.25) is 4.79 Å². The number of para-hydroxylation sites is 1. The summed E-state index contributed by atoms with van der Waals surface area (Å²) in [7, 11) is 0. The molecule has 2 atom stereocenters. The summed E-state index contributed by atoms with van der Waals surface area (Å²) in [6, 6.07) is 13.9. The Kier molecular flexibility index (Phi) is 4.04. The average molecular weight is 333 g/mol. The van der Waals surface area contributed by atoms with Gasteiger partial charge in [0, 0.05) is 24.2 Å². The maximum Gasteiger partial charge on any atom is 0.254 e. The average Bonchev–Trinajstić information content (AvgIpc) is 3.09. The number of hydrogen-bond acceptors (Lipinski definition) is 2. The van der Waals surface area contributed by atoms with Gasteiger partial charge < -0.3 is 9.88 Å². The Hall–Kier alpha value is -2.62. The molecule has 0 saturated carbocycles. The van der Waals surface area contributed by atoms with Crippen LogP contribution in [0.2, 0.25) is 0 Å². The van der Waals surface area contributed by atoms with E-state index in [9.17, 15) is 4.79 Å². The molecule has 0 spiro atoms. The lowest BCUT2D eigenvalue weighted by molar-refractivity contribution is 0.0624. The highest BCUT2D eigenvalue weighted by Crippen LogP contribution is 2.31. The minimum Gasteiger partial charge on any atom is -0.345 e. The predicted molar refractivity (Wildman–Crippen MR) is 100 cm³/mol. The molecule has 1 aliphatic rings. The fourth-order valence-electron chi connectivity index (χ4n) is 4.09. The van der Waals surface area contributed by atoms with Crippen LogP contribution in [0.4, 0.5) is 0 Å². The lowest BCUT2D eigenvalue weighted by Gasteiger charge is -2.35. The first-order valence-corrected chi connectivity index (χ1v) is 8.94. The zero-order chi connectivity index (χ0) is 17.4. The minimum absolute atomic E-state index is 0.126. The number of hydrogen-bond donors (Lipinski definition) is 1. The fourth-order valence-corrected chi connectivity index (χ4v) is 4.09. The highest BCUT2D eigenvalue weighted by molar-refractivity contribution is 6.04. The normalized spacial score (nSPS) is 20.8.